The summed E-state index contributed by atoms with van der Waals surface area (Å²) in [6, 6.07) is 9.13. The third-order valence-corrected chi connectivity index (χ3v) is 3.59. The molecule has 122 valence electrons. The van der Waals surface area contributed by atoms with Crippen LogP contribution >= 0.6 is 0 Å². The van der Waals surface area contributed by atoms with Crippen LogP contribution in [0.5, 0.6) is 0 Å². The van der Waals surface area contributed by atoms with E-state index in [1.807, 2.05) is 44.2 Å². The van der Waals surface area contributed by atoms with Crippen molar-refractivity contribution < 1.29 is 14.7 Å². The number of amides is 1. The van der Waals surface area contributed by atoms with Gasteiger partial charge in [-0.25, -0.2) is 0 Å². The summed E-state index contributed by atoms with van der Waals surface area (Å²) < 4.78 is 1.45. The lowest BCUT2D eigenvalue weighted by atomic mass is 10.0. The standard InChI is InChI=1S/C15H19N5O3/c1-3-19(4-2)14(21)12(15(22)23)10-13-16-17-18-20(13)11-8-6-5-7-9-11/h5-9,12H,3-4,10H2,1-2H3,(H,22,23). The summed E-state index contributed by atoms with van der Waals surface area (Å²) in [4.78, 5) is 25.4. The maximum atomic E-state index is 12.4. The molecular weight excluding hydrogens is 298 g/mol. The maximum Gasteiger partial charge on any atom is 0.316 e. The van der Waals surface area contributed by atoms with E-state index in [4.69, 9.17) is 0 Å². The van der Waals surface area contributed by atoms with Gasteiger partial charge in [-0.2, -0.15) is 4.68 Å². The molecule has 2 rings (SSSR count). The number of hydrogen-bond donors (Lipinski definition) is 1. The fourth-order valence-corrected chi connectivity index (χ4v) is 2.32. The van der Waals surface area contributed by atoms with E-state index in [0.717, 1.165) is 0 Å². The predicted molar refractivity (Wildman–Crippen MR) is 81.9 cm³/mol. The summed E-state index contributed by atoms with van der Waals surface area (Å²) in [6.45, 7) is 4.55. The number of aromatic nitrogens is 4. The molecule has 23 heavy (non-hydrogen) atoms. The summed E-state index contributed by atoms with van der Waals surface area (Å²) in [5, 5.41) is 20.8. The van der Waals surface area contributed by atoms with Crippen LogP contribution in [-0.2, 0) is 16.0 Å². The van der Waals surface area contributed by atoms with Crippen LogP contribution in [-0.4, -0.2) is 55.2 Å². The molecule has 1 N–H and O–H groups in total. The Balaban J connectivity index is 2.27. The first-order valence-electron chi connectivity index (χ1n) is 7.42. The van der Waals surface area contributed by atoms with Crippen LogP contribution in [0, 0.1) is 5.92 Å². The van der Waals surface area contributed by atoms with Crippen LogP contribution in [0.1, 0.15) is 19.7 Å². The Hall–Kier alpha value is -2.77. The van der Waals surface area contributed by atoms with E-state index < -0.39 is 17.8 Å². The van der Waals surface area contributed by atoms with E-state index in [1.165, 1.54) is 9.58 Å². The van der Waals surface area contributed by atoms with E-state index >= 15 is 0 Å². The Labute approximate surface area is 133 Å². The highest BCUT2D eigenvalue weighted by Crippen LogP contribution is 2.14. The van der Waals surface area contributed by atoms with Crippen molar-refractivity contribution in [1.29, 1.82) is 0 Å². The zero-order chi connectivity index (χ0) is 16.8. The Morgan fingerprint density at radius 1 is 1.22 bits per heavy atom. The van der Waals surface area contributed by atoms with E-state index in [2.05, 4.69) is 15.5 Å². The van der Waals surface area contributed by atoms with Crippen molar-refractivity contribution in [3.8, 4) is 5.69 Å². The number of aliphatic carboxylic acids is 1. The number of para-hydroxylation sites is 1. The average molecular weight is 317 g/mol. The van der Waals surface area contributed by atoms with Gasteiger partial charge in [-0.05, 0) is 36.4 Å². The van der Waals surface area contributed by atoms with Gasteiger partial charge in [0.1, 0.15) is 5.92 Å². The lowest BCUT2D eigenvalue weighted by Gasteiger charge is -2.22. The van der Waals surface area contributed by atoms with Crippen molar-refractivity contribution in [1.82, 2.24) is 25.1 Å². The molecule has 1 aromatic heterocycles. The quantitative estimate of drug-likeness (QED) is 0.757. The third-order valence-electron chi connectivity index (χ3n) is 3.59. The van der Waals surface area contributed by atoms with Gasteiger partial charge in [-0.3, -0.25) is 9.59 Å². The lowest BCUT2D eigenvalue weighted by Crippen LogP contribution is -2.40. The van der Waals surface area contributed by atoms with Gasteiger partial charge in [0.15, 0.2) is 5.82 Å². The molecule has 1 unspecified atom stereocenters. The minimum atomic E-state index is -1.21. The van der Waals surface area contributed by atoms with Crippen molar-refractivity contribution in [2.45, 2.75) is 20.3 Å². The molecule has 0 aliphatic rings. The highest BCUT2D eigenvalue weighted by Gasteiger charge is 2.31. The number of tetrazole rings is 1. The monoisotopic (exact) mass is 317 g/mol. The van der Waals surface area contributed by atoms with Gasteiger partial charge >= 0.3 is 5.97 Å². The van der Waals surface area contributed by atoms with Crippen molar-refractivity contribution in [2.75, 3.05) is 13.1 Å². The van der Waals surface area contributed by atoms with Crippen LogP contribution in [0.3, 0.4) is 0 Å². The molecule has 0 aliphatic carbocycles. The minimum absolute atomic E-state index is 0.0629. The predicted octanol–water partition coefficient (Wildman–Crippen LogP) is 0.774. The van der Waals surface area contributed by atoms with Crippen molar-refractivity contribution >= 4 is 11.9 Å². The summed E-state index contributed by atoms with van der Waals surface area (Å²) in [6.07, 6.45) is -0.0629. The highest BCUT2D eigenvalue weighted by atomic mass is 16.4. The van der Waals surface area contributed by atoms with Crippen LogP contribution in [0.15, 0.2) is 30.3 Å². The SMILES string of the molecule is CCN(CC)C(=O)C(Cc1nnnn1-c1ccccc1)C(=O)O. The summed E-state index contributed by atoms with van der Waals surface area (Å²) in [7, 11) is 0. The van der Waals surface area contributed by atoms with Gasteiger partial charge in [-0.15, -0.1) is 5.10 Å². The molecule has 0 aliphatic heterocycles. The Morgan fingerprint density at radius 2 is 1.87 bits per heavy atom. The third kappa shape index (κ3) is 3.71. The molecule has 8 nitrogen and oxygen atoms in total. The summed E-state index contributed by atoms with van der Waals surface area (Å²) in [5.74, 6) is -2.47. The largest absolute Gasteiger partial charge is 0.481 e. The average Bonchev–Trinajstić information content (AvgIpc) is 3.02. The number of rotatable bonds is 7. The second kappa shape index (κ2) is 7.48. The smallest absolute Gasteiger partial charge is 0.316 e. The number of carbonyl (C=O) groups excluding carboxylic acids is 1. The van der Waals surface area contributed by atoms with Crippen LogP contribution in [0.4, 0.5) is 0 Å². The molecule has 1 amide bonds. The molecule has 2 aromatic rings. The Bertz CT molecular complexity index is 667. The van der Waals surface area contributed by atoms with Gasteiger partial charge < -0.3 is 10.0 Å². The lowest BCUT2D eigenvalue weighted by molar-refractivity contribution is -0.151. The molecule has 0 bridgehead atoms. The molecule has 0 fully saturated rings. The van der Waals surface area contributed by atoms with Crippen LogP contribution < -0.4 is 0 Å². The first-order chi connectivity index (χ1) is 11.1. The van der Waals surface area contributed by atoms with Crippen molar-refractivity contribution in [3.05, 3.63) is 36.2 Å². The number of benzene rings is 1. The summed E-state index contributed by atoms with van der Waals surface area (Å²) >= 11 is 0. The van der Waals surface area contributed by atoms with Gasteiger partial charge in [0, 0.05) is 19.5 Å². The zero-order valence-corrected chi connectivity index (χ0v) is 13.1. The van der Waals surface area contributed by atoms with Gasteiger partial charge in [0.05, 0.1) is 5.69 Å². The fourth-order valence-electron chi connectivity index (χ4n) is 2.32. The molecule has 0 spiro atoms. The first kappa shape index (κ1) is 16.6. The molecule has 1 aromatic carbocycles. The van der Waals surface area contributed by atoms with Gasteiger partial charge in [0.2, 0.25) is 5.91 Å². The van der Waals surface area contributed by atoms with E-state index in [1.54, 1.807) is 0 Å². The summed E-state index contributed by atoms with van der Waals surface area (Å²) in [5.41, 5.74) is 0.715. The molecule has 8 heteroatoms. The van der Waals surface area contributed by atoms with Crippen LogP contribution in [0.25, 0.3) is 5.69 Å². The van der Waals surface area contributed by atoms with E-state index in [0.29, 0.717) is 24.6 Å². The number of nitrogens with zero attached hydrogens (tertiary/aromatic N) is 5. The molecule has 0 radical (unpaired) electrons. The maximum absolute atomic E-state index is 12.4. The first-order valence-corrected chi connectivity index (χ1v) is 7.42. The number of carbonyl (C=O) groups is 2. The van der Waals surface area contributed by atoms with Crippen LogP contribution in [0.2, 0.25) is 0 Å². The van der Waals surface area contributed by atoms with E-state index in [-0.39, 0.29) is 6.42 Å². The van der Waals surface area contributed by atoms with Crippen molar-refractivity contribution in [3.63, 3.8) is 0 Å². The molecule has 1 atom stereocenters. The second-order valence-corrected chi connectivity index (χ2v) is 4.95. The number of carboxylic acids is 1. The van der Waals surface area contributed by atoms with E-state index in [9.17, 15) is 14.7 Å². The molecular formula is C15H19N5O3. The minimum Gasteiger partial charge on any atom is -0.481 e. The van der Waals surface area contributed by atoms with Crippen molar-refractivity contribution in [2.24, 2.45) is 5.92 Å². The molecule has 1 heterocycles. The van der Waals surface area contributed by atoms with Gasteiger partial charge in [-0.1, -0.05) is 18.2 Å². The number of carboxylic acid groups (broad SMARTS) is 1. The fraction of sp³-hybridized carbons (Fsp3) is 0.400. The Morgan fingerprint density at radius 3 is 2.43 bits per heavy atom. The molecule has 0 saturated carbocycles. The Kier molecular flexibility index (Phi) is 5.40. The zero-order valence-electron chi connectivity index (χ0n) is 13.1. The second-order valence-electron chi connectivity index (χ2n) is 4.95. The topological polar surface area (TPSA) is 101 Å². The number of hydrogen-bond acceptors (Lipinski definition) is 5. The van der Waals surface area contributed by atoms with Gasteiger partial charge in [0.25, 0.3) is 0 Å². The normalized spacial score (nSPS) is 11.9. The molecule has 0 saturated heterocycles. The highest BCUT2D eigenvalue weighted by molar-refractivity contribution is 5.97.